The smallest absolute Gasteiger partial charge is 0.308 e. The van der Waals surface area contributed by atoms with Gasteiger partial charge in [-0.05, 0) is 0 Å². The molecule has 0 spiro atoms. The van der Waals surface area contributed by atoms with Gasteiger partial charge in [0.05, 0.1) is 6.54 Å². The van der Waals surface area contributed by atoms with E-state index in [-0.39, 0.29) is 11.8 Å². The second kappa shape index (κ2) is 5.36. The summed E-state index contributed by atoms with van der Waals surface area (Å²) < 4.78 is 35.4. The molecule has 1 unspecified atom stereocenters. The highest BCUT2D eigenvalue weighted by atomic mass is 32.2. The first-order valence-electron chi connectivity index (χ1n) is 4.27. The van der Waals surface area contributed by atoms with Crippen molar-refractivity contribution in [2.75, 3.05) is 13.1 Å². The Morgan fingerprint density at radius 3 is 2.87 bits per heavy atom. The molecule has 86 valence electrons. The van der Waals surface area contributed by atoms with Crippen molar-refractivity contribution in [3.05, 3.63) is 6.33 Å². The Kier molecular flexibility index (Phi) is 4.40. The Hall–Kier alpha value is -0.760. The molecule has 1 atom stereocenters. The van der Waals surface area contributed by atoms with Gasteiger partial charge in [-0.2, -0.15) is 18.3 Å². The van der Waals surface area contributed by atoms with Crippen LogP contribution in [0, 0.1) is 0 Å². The maximum atomic E-state index is 11.8. The second-order valence-electron chi connectivity index (χ2n) is 2.97. The zero-order chi connectivity index (χ0) is 11.3. The quantitative estimate of drug-likeness (QED) is 0.765. The van der Waals surface area contributed by atoms with Crippen molar-refractivity contribution in [2.24, 2.45) is 0 Å². The zero-order valence-electron chi connectivity index (χ0n) is 8.01. The molecule has 4 nitrogen and oxygen atoms in total. The topological polar surface area (TPSA) is 53.6 Å². The summed E-state index contributed by atoms with van der Waals surface area (Å²) in [5.41, 5.74) is 0. The summed E-state index contributed by atoms with van der Waals surface area (Å²) in [6, 6.07) is 0. The molecule has 0 aliphatic carbocycles. The van der Waals surface area contributed by atoms with E-state index in [1.165, 1.54) is 18.1 Å². The van der Waals surface area contributed by atoms with E-state index in [2.05, 4.69) is 20.5 Å². The van der Waals surface area contributed by atoms with E-state index in [0.29, 0.717) is 5.16 Å². The SMILES string of the molecule is CC(CNCC(F)(F)F)Sc1ncn[nH]1. The molecule has 0 bridgehead atoms. The summed E-state index contributed by atoms with van der Waals surface area (Å²) in [5, 5.41) is 9.20. The molecule has 1 heterocycles. The Labute approximate surface area is 89.0 Å². The van der Waals surface area contributed by atoms with Crippen LogP contribution < -0.4 is 5.32 Å². The third-order valence-corrected chi connectivity index (χ3v) is 2.45. The van der Waals surface area contributed by atoms with Crippen LogP contribution in [0.2, 0.25) is 0 Å². The number of aromatic amines is 1. The van der Waals surface area contributed by atoms with Gasteiger partial charge in [0.1, 0.15) is 6.33 Å². The molecule has 1 aromatic heterocycles. The van der Waals surface area contributed by atoms with Crippen molar-refractivity contribution in [1.82, 2.24) is 20.5 Å². The highest BCUT2D eigenvalue weighted by Crippen LogP contribution is 2.18. The molecule has 15 heavy (non-hydrogen) atoms. The summed E-state index contributed by atoms with van der Waals surface area (Å²) in [4.78, 5) is 3.86. The van der Waals surface area contributed by atoms with Gasteiger partial charge in [-0.25, -0.2) is 4.98 Å². The minimum Gasteiger partial charge on any atom is -0.308 e. The van der Waals surface area contributed by atoms with Crippen LogP contribution in [0.5, 0.6) is 0 Å². The lowest BCUT2D eigenvalue weighted by molar-refractivity contribution is -0.124. The molecule has 2 N–H and O–H groups in total. The average Bonchev–Trinajstić information content (AvgIpc) is 2.54. The van der Waals surface area contributed by atoms with Gasteiger partial charge in [-0.1, -0.05) is 18.7 Å². The summed E-state index contributed by atoms with van der Waals surface area (Å²) in [6.07, 6.45) is -2.80. The number of halogens is 3. The molecule has 1 aromatic rings. The maximum absolute atomic E-state index is 11.8. The third-order valence-electron chi connectivity index (χ3n) is 1.46. The number of nitrogens with one attached hydrogen (secondary N) is 2. The molecular weight excluding hydrogens is 229 g/mol. The van der Waals surface area contributed by atoms with Crippen molar-refractivity contribution in [3.63, 3.8) is 0 Å². The highest BCUT2D eigenvalue weighted by Gasteiger charge is 2.26. The van der Waals surface area contributed by atoms with E-state index in [0.717, 1.165) is 0 Å². The fourth-order valence-corrected chi connectivity index (χ4v) is 1.70. The lowest BCUT2D eigenvalue weighted by atomic mass is 10.4. The molecule has 0 aliphatic rings. The highest BCUT2D eigenvalue weighted by molar-refractivity contribution is 7.99. The van der Waals surface area contributed by atoms with Crippen LogP contribution in [0.1, 0.15) is 6.92 Å². The fourth-order valence-electron chi connectivity index (χ4n) is 0.900. The molecule has 0 aromatic carbocycles. The first-order chi connectivity index (χ1) is 6.97. The van der Waals surface area contributed by atoms with E-state index in [1.807, 2.05) is 6.92 Å². The van der Waals surface area contributed by atoms with Gasteiger partial charge in [-0.15, -0.1) is 0 Å². The van der Waals surface area contributed by atoms with Crippen LogP contribution in [0.4, 0.5) is 13.2 Å². The number of rotatable bonds is 5. The van der Waals surface area contributed by atoms with Gasteiger partial charge in [-0.3, -0.25) is 5.10 Å². The molecule has 0 aliphatic heterocycles. The van der Waals surface area contributed by atoms with Crippen molar-refractivity contribution in [3.8, 4) is 0 Å². The molecule has 1 rings (SSSR count). The van der Waals surface area contributed by atoms with Crippen molar-refractivity contribution < 1.29 is 13.2 Å². The molecule has 0 saturated heterocycles. The average molecular weight is 240 g/mol. The van der Waals surface area contributed by atoms with E-state index in [9.17, 15) is 13.2 Å². The number of nitrogens with zero attached hydrogens (tertiary/aromatic N) is 2. The lowest BCUT2D eigenvalue weighted by Gasteiger charge is -2.11. The van der Waals surface area contributed by atoms with Gasteiger partial charge >= 0.3 is 6.18 Å². The maximum Gasteiger partial charge on any atom is 0.401 e. The number of hydrogen-bond donors (Lipinski definition) is 2. The number of H-pyrrole nitrogens is 1. The Bertz CT molecular complexity index is 274. The molecule has 0 saturated carbocycles. The monoisotopic (exact) mass is 240 g/mol. The Morgan fingerprint density at radius 1 is 1.60 bits per heavy atom. The van der Waals surface area contributed by atoms with Crippen LogP contribution in [0.15, 0.2) is 11.5 Å². The third kappa shape index (κ3) is 5.63. The summed E-state index contributed by atoms with van der Waals surface area (Å²) >= 11 is 1.34. The summed E-state index contributed by atoms with van der Waals surface area (Å²) in [5.74, 6) is 0. The predicted octanol–water partition coefficient (Wildman–Crippen LogP) is 1.44. The van der Waals surface area contributed by atoms with Crippen molar-refractivity contribution in [1.29, 1.82) is 0 Å². The zero-order valence-corrected chi connectivity index (χ0v) is 8.82. The minimum absolute atomic E-state index is 0.000278. The minimum atomic E-state index is -4.16. The number of hydrogen-bond acceptors (Lipinski definition) is 4. The van der Waals surface area contributed by atoms with Gasteiger partial charge in [0, 0.05) is 11.8 Å². The van der Waals surface area contributed by atoms with E-state index in [1.54, 1.807) is 0 Å². The molecule has 0 amide bonds. The van der Waals surface area contributed by atoms with Crippen LogP contribution in [0.3, 0.4) is 0 Å². The molecular formula is C7H11F3N4S. The summed E-state index contributed by atoms with van der Waals surface area (Å²) in [6.45, 7) is 1.12. The van der Waals surface area contributed by atoms with Gasteiger partial charge in [0.2, 0.25) is 0 Å². The van der Waals surface area contributed by atoms with Crippen LogP contribution in [-0.4, -0.2) is 39.7 Å². The lowest BCUT2D eigenvalue weighted by Crippen LogP contribution is -2.32. The molecule has 0 radical (unpaired) electrons. The first-order valence-corrected chi connectivity index (χ1v) is 5.15. The second-order valence-corrected chi connectivity index (χ2v) is 4.39. The Morgan fingerprint density at radius 2 is 2.33 bits per heavy atom. The molecule has 0 fully saturated rings. The summed E-state index contributed by atoms with van der Waals surface area (Å²) in [7, 11) is 0. The first kappa shape index (κ1) is 12.3. The Balaban J connectivity index is 2.17. The number of aromatic nitrogens is 3. The van der Waals surface area contributed by atoms with Gasteiger partial charge in [0.15, 0.2) is 5.16 Å². The standard InChI is InChI=1S/C7H11F3N4S/c1-5(2-11-3-7(8,9)10)15-6-12-4-13-14-6/h4-5,11H,2-3H2,1H3,(H,12,13,14). The van der Waals surface area contributed by atoms with Crippen molar-refractivity contribution >= 4 is 11.8 Å². The van der Waals surface area contributed by atoms with Gasteiger partial charge < -0.3 is 5.32 Å². The van der Waals surface area contributed by atoms with Crippen LogP contribution in [0.25, 0.3) is 0 Å². The largest absolute Gasteiger partial charge is 0.401 e. The number of thioether (sulfide) groups is 1. The van der Waals surface area contributed by atoms with E-state index >= 15 is 0 Å². The van der Waals surface area contributed by atoms with E-state index < -0.39 is 12.7 Å². The van der Waals surface area contributed by atoms with Crippen LogP contribution in [-0.2, 0) is 0 Å². The van der Waals surface area contributed by atoms with E-state index in [4.69, 9.17) is 0 Å². The molecule has 8 heteroatoms. The van der Waals surface area contributed by atoms with Crippen LogP contribution >= 0.6 is 11.8 Å². The normalized spacial score (nSPS) is 14.1. The predicted molar refractivity (Wildman–Crippen MR) is 50.6 cm³/mol. The fraction of sp³-hybridized carbons (Fsp3) is 0.714. The van der Waals surface area contributed by atoms with Gasteiger partial charge in [0.25, 0.3) is 0 Å². The number of alkyl halides is 3. The van der Waals surface area contributed by atoms with Crippen molar-refractivity contribution in [2.45, 2.75) is 23.5 Å².